The number of aromatic nitrogens is 2. The highest BCUT2D eigenvalue weighted by Crippen LogP contribution is 2.41. The molecule has 0 atom stereocenters. The zero-order valence-electron chi connectivity index (χ0n) is 21.9. The molecule has 0 spiro atoms. The number of benzene rings is 2. The monoisotopic (exact) mass is 546 g/mol. The fourth-order valence-corrected chi connectivity index (χ4v) is 6.29. The Kier molecular flexibility index (Phi) is 7.87. The van der Waals surface area contributed by atoms with Gasteiger partial charge in [0.25, 0.3) is 5.91 Å². The van der Waals surface area contributed by atoms with Gasteiger partial charge in [-0.3, -0.25) is 9.69 Å². The molecule has 38 heavy (non-hydrogen) atoms. The number of anilines is 1. The third-order valence-corrected chi connectivity index (χ3v) is 8.61. The summed E-state index contributed by atoms with van der Waals surface area (Å²) in [5.74, 6) is 1.24. The molecule has 0 fully saturated rings. The molecule has 0 N–H and O–H groups in total. The van der Waals surface area contributed by atoms with Crippen molar-refractivity contribution in [3.63, 3.8) is 0 Å². The molecule has 0 aliphatic carbocycles. The van der Waals surface area contributed by atoms with Gasteiger partial charge >= 0.3 is 0 Å². The van der Waals surface area contributed by atoms with Crippen molar-refractivity contribution in [2.45, 2.75) is 13.8 Å². The molecule has 0 bridgehead atoms. The lowest BCUT2D eigenvalue weighted by Gasteiger charge is -2.25. The number of nitrogens with zero attached hydrogens (tertiary/aromatic N) is 4. The molecule has 1 amide bonds. The van der Waals surface area contributed by atoms with Gasteiger partial charge in [0.05, 0.1) is 35.9 Å². The maximum absolute atomic E-state index is 14.4. The van der Waals surface area contributed by atoms with Crippen LogP contribution in [0.25, 0.3) is 31.7 Å². The SMILES string of the molecule is CCN(CC)CCN(C(=O)c1cc(-c2cccs2)nc2ccccc12)c1nc2c(OC)ccc(OC)c2s1. The molecule has 5 rings (SSSR count). The highest BCUT2D eigenvalue weighted by molar-refractivity contribution is 7.22. The Morgan fingerprint density at radius 1 is 0.921 bits per heavy atom. The first kappa shape index (κ1) is 26.1. The third-order valence-electron chi connectivity index (χ3n) is 6.63. The van der Waals surface area contributed by atoms with Crippen molar-refractivity contribution < 1.29 is 14.3 Å². The first-order valence-electron chi connectivity index (χ1n) is 12.6. The first-order valence-corrected chi connectivity index (χ1v) is 14.3. The summed E-state index contributed by atoms with van der Waals surface area (Å²) in [5.41, 5.74) is 2.87. The van der Waals surface area contributed by atoms with Crippen molar-refractivity contribution in [3.05, 3.63) is 65.5 Å². The Morgan fingerprint density at radius 2 is 1.68 bits per heavy atom. The molecule has 0 radical (unpaired) electrons. The molecule has 3 heterocycles. The van der Waals surface area contributed by atoms with E-state index >= 15 is 0 Å². The summed E-state index contributed by atoms with van der Waals surface area (Å²) >= 11 is 3.05. The molecule has 0 unspecified atom stereocenters. The number of hydrogen-bond donors (Lipinski definition) is 0. The van der Waals surface area contributed by atoms with Gasteiger partial charge in [0.2, 0.25) is 0 Å². The summed E-state index contributed by atoms with van der Waals surface area (Å²) in [6.07, 6.45) is 0. The van der Waals surface area contributed by atoms with E-state index in [1.165, 1.54) is 11.3 Å². The predicted molar refractivity (Wildman–Crippen MR) is 157 cm³/mol. The van der Waals surface area contributed by atoms with Gasteiger partial charge < -0.3 is 14.4 Å². The summed E-state index contributed by atoms with van der Waals surface area (Å²) < 4.78 is 12.0. The number of ether oxygens (including phenoxy) is 2. The van der Waals surface area contributed by atoms with Crippen LogP contribution in [0.5, 0.6) is 11.5 Å². The van der Waals surface area contributed by atoms with Crippen LogP contribution < -0.4 is 14.4 Å². The van der Waals surface area contributed by atoms with Crippen LogP contribution in [0, 0.1) is 0 Å². The summed E-state index contributed by atoms with van der Waals surface area (Å²) in [6.45, 7) is 7.29. The Bertz CT molecular complexity index is 1520. The topological polar surface area (TPSA) is 67.8 Å². The number of carbonyl (C=O) groups excluding carboxylic acids is 1. The van der Waals surface area contributed by atoms with E-state index in [4.69, 9.17) is 19.4 Å². The van der Waals surface area contributed by atoms with Crippen LogP contribution in [0.4, 0.5) is 5.13 Å². The summed E-state index contributed by atoms with van der Waals surface area (Å²) in [7, 11) is 3.26. The molecule has 196 valence electrons. The average molecular weight is 547 g/mol. The third kappa shape index (κ3) is 4.97. The van der Waals surface area contributed by atoms with Crippen molar-refractivity contribution >= 4 is 54.8 Å². The smallest absolute Gasteiger partial charge is 0.260 e. The van der Waals surface area contributed by atoms with Crippen molar-refractivity contribution in [1.29, 1.82) is 0 Å². The minimum absolute atomic E-state index is 0.106. The summed E-state index contributed by atoms with van der Waals surface area (Å²) in [4.78, 5) is 29.3. The summed E-state index contributed by atoms with van der Waals surface area (Å²) in [5, 5.41) is 3.45. The minimum atomic E-state index is -0.106. The predicted octanol–water partition coefficient (Wildman–Crippen LogP) is 6.58. The molecular formula is C29H30N4O3S2. The number of thiophene rings is 1. The van der Waals surface area contributed by atoms with Gasteiger partial charge in [0, 0.05) is 18.5 Å². The number of methoxy groups -OCH3 is 2. The van der Waals surface area contributed by atoms with Crippen molar-refractivity contribution in [2.75, 3.05) is 45.3 Å². The van der Waals surface area contributed by atoms with Crippen molar-refractivity contribution in [1.82, 2.24) is 14.9 Å². The quantitative estimate of drug-likeness (QED) is 0.197. The Balaban J connectivity index is 1.66. The lowest BCUT2D eigenvalue weighted by molar-refractivity contribution is 0.0985. The van der Waals surface area contributed by atoms with Crippen LogP contribution in [0.15, 0.2) is 60.0 Å². The lowest BCUT2D eigenvalue weighted by Crippen LogP contribution is -2.39. The van der Waals surface area contributed by atoms with E-state index < -0.39 is 0 Å². The lowest BCUT2D eigenvalue weighted by atomic mass is 10.1. The van der Waals surface area contributed by atoms with Gasteiger partial charge in [-0.1, -0.05) is 49.4 Å². The van der Waals surface area contributed by atoms with Gasteiger partial charge in [-0.05, 0) is 48.8 Å². The van der Waals surface area contributed by atoms with Gasteiger partial charge in [-0.15, -0.1) is 11.3 Å². The number of hydrogen-bond acceptors (Lipinski definition) is 8. The second kappa shape index (κ2) is 11.5. The van der Waals surface area contributed by atoms with Crippen molar-refractivity contribution in [2.24, 2.45) is 0 Å². The number of pyridine rings is 1. The maximum Gasteiger partial charge on any atom is 0.260 e. The first-order chi connectivity index (χ1) is 18.6. The maximum atomic E-state index is 14.4. The Hall–Kier alpha value is -3.53. The Labute approximate surface area is 230 Å². The van der Waals surface area contributed by atoms with Gasteiger partial charge in [-0.25, -0.2) is 9.97 Å². The van der Waals surface area contributed by atoms with E-state index in [2.05, 4.69) is 18.7 Å². The fourth-order valence-electron chi connectivity index (χ4n) is 4.50. The Morgan fingerprint density at radius 3 is 2.39 bits per heavy atom. The molecule has 5 aromatic rings. The van der Waals surface area contributed by atoms with Crippen LogP contribution in [-0.2, 0) is 0 Å². The van der Waals surface area contributed by atoms with E-state index in [9.17, 15) is 4.79 Å². The highest BCUT2D eigenvalue weighted by atomic mass is 32.1. The minimum Gasteiger partial charge on any atom is -0.495 e. The molecule has 9 heteroatoms. The van der Waals surface area contributed by atoms with E-state index in [0.29, 0.717) is 34.3 Å². The van der Waals surface area contributed by atoms with Crippen LogP contribution in [0.1, 0.15) is 24.2 Å². The summed E-state index contributed by atoms with van der Waals surface area (Å²) in [6, 6.07) is 17.5. The van der Waals surface area contributed by atoms with Gasteiger partial charge in [0.15, 0.2) is 5.13 Å². The number of amides is 1. The fraction of sp³-hybridized carbons (Fsp3) is 0.276. The molecule has 7 nitrogen and oxygen atoms in total. The molecule has 2 aromatic carbocycles. The zero-order chi connectivity index (χ0) is 26.6. The number of para-hydroxylation sites is 1. The second-order valence-electron chi connectivity index (χ2n) is 8.68. The molecule has 3 aromatic heterocycles. The molecule has 0 saturated carbocycles. The highest BCUT2D eigenvalue weighted by Gasteiger charge is 2.26. The van der Waals surface area contributed by atoms with Gasteiger partial charge in [-0.2, -0.15) is 0 Å². The van der Waals surface area contributed by atoms with E-state index in [1.807, 2.05) is 60.0 Å². The second-order valence-corrected chi connectivity index (χ2v) is 10.6. The number of thiazole rings is 1. The average Bonchev–Trinajstić information content (AvgIpc) is 3.65. The van der Waals surface area contributed by atoms with E-state index in [0.717, 1.165) is 45.8 Å². The zero-order valence-corrected chi connectivity index (χ0v) is 23.6. The normalized spacial score (nSPS) is 11.4. The molecule has 0 aliphatic heterocycles. The number of fused-ring (bicyclic) bond motifs is 2. The van der Waals surface area contributed by atoms with E-state index in [1.54, 1.807) is 30.5 Å². The van der Waals surface area contributed by atoms with Crippen LogP contribution >= 0.6 is 22.7 Å². The van der Waals surface area contributed by atoms with Gasteiger partial charge in [0.1, 0.15) is 21.7 Å². The largest absolute Gasteiger partial charge is 0.495 e. The van der Waals surface area contributed by atoms with Crippen LogP contribution in [0.2, 0.25) is 0 Å². The molecule has 0 aliphatic rings. The molecular weight excluding hydrogens is 516 g/mol. The van der Waals surface area contributed by atoms with Crippen LogP contribution in [-0.4, -0.2) is 61.2 Å². The molecule has 0 saturated heterocycles. The van der Waals surface area contributed by atoms with Crippen molar-refractivity contribution in [3.8, 4) is 22.1 Å². The number of carbonyl (C=O) groups is 1. The number of rotatable bonds is 10. The standard InChI is InChI=1S/C29H30N4O3S2/c1-5-32(6-2)15-16-33(29-31-26-23(35-3)13-14-24(36-4)27(26)38-29)28(34)20-18-22(25-12-9-17-37-25)30-21-11-8-7-10-19(20)21/h7-14,17-18H,5-6,15-16H2,1-4H3. The van der Waals surface area contributed by atoms with E-state index in [-0.39, 0.29) is 5.91 Å². The van der Waals surface area contributed by atoms with Crippen LogP contribution in [0.3, 0.4) is 0 Å². The number of likely N-dealkylation sites (N-methyl/N-ethyl adjacent to an activating group) is 1.